The lowest BCUT2D eigenvalue weighted by Gasteiger charge is -2.30. The number of benzene rings is 2. The predicted octanol–water partition coefficient (Wildman–Crippen LogP) is 3.92. The summed E-state index contributed by atoms with van der Waals surface area (Å²) in [6.07, 6.45) is -0.314. The molecule has 0 aliphatic carbocycles. The second kappa shape index (κ2) is 9.57. The molecule has 162 valence electrons. The zero-order chi connectivity index (χ0) is 22.5. The summed E-state index contributed by atoms with van der Waals surface area (Å²) in [5, 5.41) is 18.0. The minimum absolute atomic E-state index is 0.140. The Morgan fingerprint density at radius 3 is 2.58 bits per heavy atom. The average Bonchev–Trinajstić information content (AvgIpc) is 2.71. The molecule has 0 saturated heterocycles. The van der Waals surface area contributed by atoms with E-state index in [0.29, 0.717) is 21.9 Å². The predicted molar refractivity (Wildman–Crippen MR) is 119 cm³/mol. The zero-order valence-electron chi connectivity index (χ0n) is 17.4. The van der Waals surface area contributed by atoms with Gasteiger partial charge in [0.25, 0.3) is 0 Å². The molecular weight excluding hydrogens is 418 g/mol. The molecule has 2 aromatic rings. The first kappa shape index (κ1) is 22.2. The van der Waals surface area contributed by atoms with Gasteiger partial charge in [-0.15, -0.1) is 0 Å². The number of nitrogens with zero attached hydrogens (tertiary/aromatic N) is 1. The van der Waals surface area contributed by atoms with Gasteiger partial charge in [0.15, 0.2) is 10.9 Å². The van der Waals surface area contributed by atoms with Crippen molar-refractivity contribution in [1.29, 1.82) is 0 Å². The first-order valence-electron chi connectivity index (χ1n) is 9.70. The van der Waals surface area contributed by atoms with Gasteiger partial charge in [-0.05, 0) is 50.2 Å². The fraction of sp³-hybridized carbons (Fsp3) is 0.273. The summed E-state index contributed by atoms with van der Waals surface area (Å²) in [6, 6.07) is 13.3. The van der Waals surface area contributed by atoms with Crippen LogP contribution in [0.3, 0.4) is 0 Å². The molecule has 0 bridgehead atoms. The Hall–Kier alpha value is -3.46. The van der Waals surface area contributed by atoms with Gasteiger partial charge in [0.2, 0.25) is 0 Å². The second-order valence-electron chi connectivity index (χ2n) is 7.28. The molecule has 1 aliphatic rings. The number of nitrogens with one attached hydrogen (secondary N) is 2. The van der Waals surface area contributed by atoms with Gasteiger partial charge in [0.1, 0.15) is 6.61 Å². The molecule has 3 rings (SSSR count). The van der Waals surface area contributed by atoms with Crippen LogP contribution in [0.5, 0.6) is 5.75 Å². The number of carbonyl (C=O) groups is 1. The monoisotopic (exact) mass is 441 g/mol. The van der Waals surface area contributed by atoms with Crippen LogP contribution in [0, 0.1) is 10.1 Å². The van der Waals surface area contributed by atoms with Crippen molar-refractivity contribution >= 4 is 29.0 Å². The van der Waals surface area contributed by atoms with Gasteiger partial charge in [-0.1, -0.05) is 36.4 Å². The number of ether oxygens (including phenoxy) is 2. The maximum Gasteiger partial charge on any atom is 0.338 e. The molecule has 31 heavy (non-hydrogen) atoms. The molecule has 8 nitrogen and oxygen atoms in total. The number of allylic oxidation sites excluding steroid dienone is 1. The summed E-state index contributed by atoms with van der Waals surface area (Å²) in [4.78, 5) is 23.9. The minimum Gasteiger partial charge on any atom is -0.482 e. The Balaban J connectivity index is 1.94. The van der Waals surface area contributed by atoms with Crippen molar-refractivity contribution in [2.45, 2.75) is 39.5 Å². The Morgan fingerprint density at radius 2 is 1.94 bits per heavy atom. The van der Waals surface area contributed by atoms with E-state index in [1.807, 2.05) is 30.3 Å². The highest BCUT2D eigenvalue weighted by Crippen LogP contribution is 2.35. The molecule has 1 atom stereocenters. The number of thiocarbonyl (C=S) groups is 1. The molecule has 1 aliphatic heterocycles. The topological polar surface area (TPSA) is 103 Å². The molecule has 0 saturated carbocycles. The van der Waals surface area contributed by atoms with Gasteiger partial charge in [-0.3, -0.25) is 10.1 Å². The van der Waals surface area contributed by atoms with Crippen LogP contribution in [0.25, 0.3) is 0 Å². The Labute approximate surface area is 185 Å². The molecule has 0 unspecified atom stereocenters. The van der Waals surface area contributed by atoms with Crippen molar-refractivity contribution in [3.63, 3.8) is 0 Å². The average molecular weight is 442 g/mol. The largest absolute Gasteiger partial charge is 0.482 e. The van der Waals surface area contributed by atoms with Crippen molar-refractivity contribution in [2.24, 2.45) is 0 Å². The van der Waals surface area contributed by atoms with Crippen LogP contribution in [0.2, 0.25) is 0 Å². The Morgan fingerprint density at radius 1 is 1.23 bits per heavy atom. The smallest absolute Gasteiger partial charge is 0.338 e. The Kier molecular flexibility index (Phi) is 6.86. The van der Waals surface area contributed by atoms with Crippen molar-refractivity contribution in [3.8, 4) is 5.75 Å². The van der Waals surface area contributed by atoms with Gasteiger partial charge in [-0.25, -0.2) is 4.79 Å². The number of rotatable bonds is 7. The van der Waals surface area contributed by atoms with Crippen molar-refractivity contribution < 1.29 is 19.2 Å². The van der Waals surface area contributed by atoms with E-state index < -0.39 is 16.9 Å². The summed E-state index contributed by atoms with van der Waals surface area (Å²) >= 11 is 5.23. The van der Waals surface area contributed by atoms with Crippen molar-refractivity contribution in [1.82, 2.24) is 10.6 Å². The number of carbonyl (C=O) groups excluding carboxylic acids is 1. The van der Waals surface area contributed by atoms with E-state index in [1.54, 1.807) is 26.8 Å². The van der Waals surface area contributed by atoms with Crippen LogP contribution >= 0.6 is 12.2 Å². The number of nitro benzene ring substituents is 1. The molecule has 2 aromatic carbocycles. The summed E-state index contributed by atoms with van der Waals surface area (Å²) < 4.78 is 11.0. The normalized spacial score (nSPS) is 15.9. The van der Waals surface area contributed by atoms with Crippen LogP contribution in [0.4, 0.5) is 5.69 Å². The first-order valence-corrected chi connectivity index (χ1v) is 10.1. The fourth-order valence-corrected chi connectivity index (χ4v) is 3.48. The molecule has 0 aromatic heterocycles. The number of hydrogen-bond donors (Lipinski definition) is 2. The van der Waals surface area contributed by atoms with E-state index in [-0.39, 0.29) is 24.1 Å². The van der Waals surface area contributed by atoms with E-state index >= 15 is 0 Å². The lowest BCUT2D eigenvalue weighted by molar-refractivity contribution is -0.386. The van der Waals surface area contributed by atoms with E-state index in [9.17, 15) is 14.9 Å². The van der Waals surface area contributed by atoms with Crippen molar-refractivity contribution in [2.75, 3.05) is 0 Å². The highest BCUT2D eigenvalue weighted by Gasteiger charge is 2.33. The van der Waals surface area contributed by atoms with E-state index in [1.165, 1.54) is 12.1 Å². The Bertz CT molecular complexity index is 1040. The summed E-state index contributed by atoms with van der Waals surface area (Å²) in [6.45, 7) is 5.41. The first-order chi connectivity index (χ1) is 14.8. The van der Waals surface area contributed by atoms with E-state index in [0.717, 1.165) is 5.56 Å². The summed E-state index contributed by atoms with van der Waals surface area (Å²) in [5.41, 5.74) is 2.04. The van der Waals surface area contributed by atoms with Gasteiger partial charge in [0.05, 0.1) is 22.6 Å². The molecule has 0 fully saturated rings. The molecule has 0 amide bonds. The van der Waals surface area contributed by atoms with Crippen LogP contribution in [0.15, 0.2) is 59.8 Å². The van der Waals surface area contributed by atoms with Crippen LogP contribution in [-0.2, 0) is 16.1 Å². The van der Waals surface area contributed by atoms with E-state index in [2.05, 4.69) is 10.6 Å². The third-order valence-electron chi connectivity index (χ3n) is 4.58. The standard InChI is InChI=1S/C22H23N3O5S/c1-13(2)30-21(26)19-14(3)23-22(31)24-20(19)16-9-10-18(17(11-16)25(27)28)29-12-15-7-5-4-6-8-15/h4-11,13,20H,12H2,1-3H3,(H2,23,24,31)/t20-/m0/s1. The minimum atomic E-state index is -0.693. The number of hydrogen-bond acceptors (Lipinski definition) is 6. The molecule has 0 spiro atoms. The lowest BCUT2D eigenvalue weighted by atomic mass is 9.95. The van der Waals surface area contributed by atoms with E-state index in [4.69, 9.17) is 21.7 Å². The summed E-state index contributed by atoms with van der Waals surface area (Å²) in [5.74, 6) is -0.381. The molecule has 0 radical (unpaired) electrons. The third-order valence-corrected chi connectivity index (χ3v) is 4.80. The SMILES string of the molecule is CC1=C(C(=O)OC(C)C)[C@H](c2ccc(OCc3ccccc3)c([N+](=O)[O-])c2)NC(=S)N1. The molecular formula is C22H23N3O5S. The zero-order valence-corrected chi connectivity index (χ0v) is 18.2. The van der Waals surface area contributed by atoms with Gasteiger partial charge in [-0.2, -0.15) is 0 Å². The number of nitro groups is 1. The molecule has 1 heterocycles. The highest BCUT2D eigenvalue weighted by atomic mass is 32.1. The van der Waals surface area contributed by atoms with Crippen molar-refractivity contribution in [3.05, 3.63) is 81.0 Å². The van der Waals surface area contributed by atoms with Gasteiger partial charge in [0, 0.05) is 11.8 Å². The van der Waals surface area contributed by atoms with Gasteiger partial charge >= 0.3 is 11.7 Å². The second-order valence-corrected chi connectivity index (χ2v) is 7.69. The van der Waals surface area contributed by atoms with Crippen LogP contribution in [-0.4, -0.2) is 22.1 Å². The third kappa shape index (κ3) is 5.37. The summed E-state index contributed by atoms with van der Waals surface area (Å²) in [7, 11) is 0. The fourth-order valence-electron chi connectivity index (χ4n) is 3.21. The molecule has 2 N–H and O–H groups in total. The highest BCUT2D eigenvalue weighted by molar-refractivity contribution is 7.80. The lowest BCUT2D eigenvalue weighted by Crippen LogP contribution is -2.45. The van der Waals surface area contributed by atoms with Crippen LogP contribution in [0.1, 0.15) is 37.9 Å². The number of esters is 1. The quantitative estimate of drug-likeness (QED) is 0.288. The van der Waals surface area contributed by atoms with Crippen LogP contribution < -0.4 is 15.4 Å². The maximum absolute atomic E-state index is 12.7. The maximum atomic E-state index is 12.7. The van der Waals surface area contributed by atoms with Gasteiger partial charge < -0.3 is 20.1 Å². The molecule has 9 heteroatoms.